The highest BCUT2D eigenvalue weighted by atomic mass is 35.5. The third-order valence-corrected chi connectivity index (χ3v) is 5.20. The van der Waals surface area contributed by atoms with Crippen LogP contribution in [0.4, 0.5) is 0 Å². The number of rotatable bonds is 4. The van der Waals surface area contributed by atoms with Crippen molar-refractivity contribution in [3.05, 3.63) is 65.4 Å². The van der Waals surface area contributed by atoms with Gasteiger partial charge in [-0.1, -0.05) is 49.4 Å². The molecule has 1 saturated heterocycles. The zero-order chi connectivity index (χ0) is 17.9. The van der Waals surface area contributed by atoms with Crippen LogP contribution in [-0.2, 0) is 17.6 Å². The van der Waals surface area contributed by atoms with Crippen molar-refractivity contribution in [3.63, 3.8) is 0 Å². The van der Waals surface area contributed by atoms with Gasteiger partial charge in [-0.15, -0.1) is 12.4 Å². The first-order valence-electron chi connectivity index (χ1n) is 9.27. The Morgan fingerprint density at radius 1 is 1.19 bits per heavy atom. The number of carbonyl (C=O) groups is 1. The highest BCUT2D eigenvalue weighted by Gasteiger charge is 2.28. The number of fused-ring (bicyclic) bond motifs is 1. The molecular formula is C21H25ClN4O. The molecule has 1 unspecified atom stereocenters. The summed E-state index contributed by atoms with van der Waals surface area (Å²) in [6.07, 6.45) is 1.38. The lowest BCUT2D eigenvalue weighted by Gasteiger charge is -2.36. The molecular weight excluding hydrogens is 360 g/mol. The van der Waals surface area contributed by atoms with E-state index in [1.165, 1.54) is 11.1 Å². The van der Waals surface area contributed by atoms with Gasteiger partial charge in [0.2, 0.25) is 5.91 Å². The summed E-state index contributed by atoms with van der Waals surface area (Å²) in [5.74, 6) is 0.144. The average Bonchev–Trinajstić information content (AvgIpc) is 3.11. The molecule has 2 N–H and O–H groups in total. The summed E-state index contributed by atoms with van der Waals surface area (Å²) in [4.78, 5) is 15.1. The van der Waals surface area contributed by atoms with Crippen LogP contribution in [0.3, 0.4) is 0 Å². The number of halogens is 1. The number of carbonyl (C=O) groups excluding carboxylic acids is 1. The normalized spacial score (nSPS) is 16.9. The van der Waals surface area contributed by atoms with E-state index in [2.05, 4.69) is 46.7 Å². The fourth-order valence-electron chi connectivity index (χ4n) is 3.68. The summed E-state index contributed by atoms with van der Waals surface area (Å²) in [7, 11) is 0. The number of hydrogen-bond donors (Lipinski definition) is 2. The van der Waals surface area contributed by atoms with Gasteiger partial charge in [-0.2, -0.15) is 5.10 Å². The molecule has 6 heteroatoms. The molecule has 0 bridgehead atoms. The quantitative estimate of drug-likeness (QED) is 0.725. The lowest BCUT2D eigenvalue weighted by atomic mass is 10.00. The van der Waals surface area contributed by atoms with Gasteiger partial charge in [0.25, 0.3) is 0 Å². The van der Waals surface area contributed by atoms with Gasteiger partial charge in [0.15, 0.2) is 0 Å². The van der Waals surface area contributed by atoms with Crippen LogP contribution in [-0.4, -0.2) is 40.6 Å². The number of nitrogens with one attached hydrogen (secondary N) is 2. The van der Waals surface area contributed by atoms with Crippen LogP contribution in [0.15, 0.2) is 48.5 Å². The van der Waals surface area contributed by atoms with E-state index < -0.39 is 0 Å². The molecule has 3 aromatic rings. The second-order valence-electron chi connectivity index (χ2n) is 6.80. The predicted octanol–water partition coefficient (Wildman–Crippen LogP) is 3.26. The third-order valence-electron chi connectivity index (χ3n) is 5.20. The minimum Gasteiger partial charge on any atom is -0.333 e. The van der Waals surface area contributed by atoms with Crippen LogP contribution < -0.4 is 5.32 Å². The van der Waals surface area contributed by atoms with Crippen molar-refractivity contribution in [2.45, 2.75) is 25.8 Å². The molecule has 0 spiro atoms. The summed E-state index contributed by atoms with van der Waals surface area (Å²) in [5.41, 5.74) is 4.31. The maximum absolute atomic E-state index is 13.1. The van der Waals surface area contributed by atoms with Crippen molar-refractivity contribution in [2.24, 2.45) is 0 Å². The largest absolute Gasteiger partial charge is 0.333 e. The summed E-state index contributed by atoms with van der Waals surface area (Å²) < 4.78 is 0. The smallest absolute Gasteiger partial charge is 0.229 e. The number of nitrogens with zero attached hydrogens (tertiary/aromatic N) is 2. The van der Waals surface area contributed by atoms with Gasteiger partial charge in [-0.25, -0.2) is 0 Å². The van der Waals surface area contributed by atoms with E-state index in [-0.39, 0.29) is 24.4 Å². The maximum Gasteiger partial charge on any atom is 0.229 e. The van der Waals surface area contributed by atoms with Crippen molar-refractivity contribution in [3.8, 4) is 0 Å². The lowest BCUT2D eigenvalue weighted by molar-refractivity contribution is -0.133. The number of benzene rings is 2. The molecule has 142 valence electrons. The van der Waals surface area contributed by atoms with Crippen LogP contribution in [0.1, 0.15) is 29.8 Å². The predicted molar refractivity (Wildman–Crippen MR) is 110 cm³/mol. The average molecular weight is 385 g/mol. The molecule has 2 aromatic carbocycles. The molecule has 1 aliphatic heterocycles. The van der Waals surface area contributed by atoms with Gasteiger partial charge < -0.3 is 10.2 Å². The maximum atomic E-state index is 13.1. The number of aryl methyl sites for hydroxylation is 1. The van der Waals surface area contributed by atoms with Crippen molar-refractivity contribution >= 4 is 29.2 Å². The number of aromatic nitrogens is 2. The first-order chi connectivity index (χ1) is 12.8. The standard InChI is InChI=1S/C21H24N4O.ClH/c1-2-15-7-9-16(10-8-15)20-14-22-11-12-25(20)21(26)13-19-17-5-3-4-6-18(17)23-24-19;/h3-10,20,22H,2,11-14H2,1H3,(H,23,24);1H. The minimum atomic E-state index is 0. The van der Waals surface area contributed by atoms with Gasteiger partial charge in [0.05, 0.1) is 23.7 Å². The van der Waals surface area contributed by atoms with Crippen molar-refractivity contribution in [1.82, 2.24) is 20.4 Å². The molecule has 0 aliphatic carbocycles. The minimum absolute atomic E-state index is 0. The Labute approximate surface area is 165 Å². The van der Waals surface area contributed by atoms with Crippen molar-refractivity contribution in [1.29, 1.82) is 0 Å². The van der Waals surface area contributed by atoms with Crippen LogP contribution in [0.5, 0.6) is 0 Å². The van der Waals surface area contributed by atoms with E-state index in [0.29, 0.717) is 6.42 Å². The van der Waals surface area contributed by atoms with E-state index in [0.717, 1.165) is 42.7 Å². The zero-order valence-electron chi connectivity index (χ0n) is 15.4. The summed E-state index contributed by atoms with van der Waals surface area (Å²) in [5, 5.41) is 11.8. The van der Waals surface area contributed by atoms with Crippen LogP contribution in [0.25, 0.3) is 10.9 Å². The van der Waals surface area contributed by atoms with Gasteiger partial charge in [-0.3, -0.25) is 9.89 Å². The van der Waals surface area contributed by atoms with E-state index in [1.807, 2.05) is 29.2 Å². The molecule has 5 nitrogen and oxygen atoms in total. The van der Waals surface area contributed by atoms with Gasteiger partial charge >= 0.3 is 0 Å². The number of piperazine rings is 1. The molecule has 1 atom stereocenters. The summed E-state index contributed by atoms with van der Waals surface area (Å²) in [6.45, 7) is 4.51. The molecule has 1 fully saturated rings. The summed E-state index contributed by atoms with van der Waals surface area (Å²) in [6, 6.07) is 16.6. The van der Waals surface area contributed by atoms with E-state index in [1.54, 1.807) is 0 Å². The number of aromatic amines is 1. The van der Waals surface area contributed by atoms with E-state index in [4.69, 9.17) is 0 Å². The van der Waals surface area contributed by atoms with Crippen LogP contribution in [0, 0.1) is 0 Å². The van der Waals surface area contributed by atoms with Gasteiger partial charge in [0, 0.05) is 25.0 Å². The Hall–Kier alpha value is -2.37. The first kappa shape index (κ1) is 19.4. The molecule has 0 radical (unpaired) electrons. The molecule has 1 aliphatic rings. The molecule has 4 rings (SSSR count). The van der Waals surface area contributed by atoms with Gasteiger partial charge in [-0.05, 0) is 23.6 Å². The number of para-hydroxylation sites is 1. The lowest BCUT2D eigenvalue weighted by Crippen LogP contribution is -2.49. The van der Waals surface area contributed by atoms with E-state index >= 15 is 0 Å². The van der Waals surface area contributed by atoms with Crippen molar-refractivity contribution in [2.75, 3.05) is 19.6 Å². The Morgan fingerprint density at radius 2 is 1.96 bits per heavy atom. The second-order valence-corrected chi connectivity index (χ2v) is 6.80. The zero-order valence-corrected chi connectivity index (χ0v) is 16.3. The topological polar surface area (TPSA) is 61.0 Å². The van der Waals surface area contributed by atoms with Crippen molar-refractivity contribution < 1.29 is 4.79 Å². The summed E-state index contributed by atoms with van der Waals surface area (Å²) >= 11 is 0. The Kier molecular flexibility index (Phi) is 6.14. The second kappa shape index (κ2) is 8.55. The molecule has 0 saturated carbocycles. The van der Waals surface area contributed by atoms with Crippen LogP contribution in [0.2, 0.25) is 0 Å². The highest BCUT2D eigenvalue weighted by molar-refractivity contribution is 5.87. The Balaban J connectivity index is 0.00000210. The fraction of sp³-hybridized carbons (Fsp3) is 0.333. The molecule has 27 heavy (non-hydrogen) atoms. The number of H-pyrrole nitrogens is 1. The fourth-order valence-corrected chi connectivity index (χ4v) is 3.68. The monoisotopic (exact) mass is 384 g/mol. The highest BCUT2D eigenvalue weighted by Crippen LogP contribution is 2.24. The third kappa shape index (κ3) is 3.99. The molecule has 1 aromatic heterocycles. The van der Waals surface area contributed by atoms with Crippen LogP contribution >= 0.6 is 12.4 Å². The molecule has 1 amide bonds. The number of amides is 1. The molecule has 2 heterocycles. The number of hydrogen-bond acceptors (Lipinski definition) is 3. The van der Waals surface area contributed by atoms with E-state index in [9.17, 15) is 4.79 Å². The van der Waals surface area contributed by atoms with Gasteiger partial charge in [0.1, 0.15) is 0 Å². The Bertz CT molecular complexity index is 906. The SMILES string of the molecule is CCc1ccc(C2CNCCN2C(=O)Cc2[nH]nc3ccccc23)cc1.Cl. The first-order valence-corrected chi connectivity index (χ1v) is 9.27. The Morgan fingerprint density at radius 3 is 2.74 bits per heavy atom.